The van der Waals surface area contributed by atoms with Crippen LogP contribution in [0.4, 0.5) is 0 Å². The molecule has 3 aromatic rings. The summed E-state index contributed by atoms with van der Waals surface area (Å²) in [6.07, 6.45) is 1.81. The van der Waals surface area contributed by atoms with Crippen LogP contribution in [-0.2, 0) is 5.88 Å². The van der Waals surface area contributed by atoms with Crippen molar-refractivity contribution in [3.05, 3.63) is 40.5 Å². The Hall–Kier alpha value is -1.10. The van der Waals surface area contributed by atoms with Crippen molar-refractivity contribution >= 4 is 45.4 Å². The molecule has 0 saturated carbocycles. The van der Waals surface area contributed by atoms with Gasteiger partial charge in [-0.15, -0.1) is 11.6 Å². The molecule has 1 aromatic carbocycles. The number of benzene rings is 1. The molecule has 3 nitrogen and oxygen atoms in total. The highest BCUT2D eigenvalue weighted by Crippen LogP contribution is 2.28. The molecule has 0 atom stereocenters. The minimum atomic E-state index is 0.371. The molecule has 17 heavy (non-hydrogen) atoms. The van der Waals surface area contributed by atoms with Crippen molar-refractivity contribution < 1.29 is 0 Å². The van der Waals surface area contributed by atoms with Crippen LogP contribution in [0.25, 0.3) is 16.0 Å². The second kappa shape index (κ2) is 4.29. The highest BCUT2D eigenvalue weighted by Gasteiger charge is 2.12. The molecule has 0 N–H and O–H groups in total. The Morgan fingerprint density at radius 2 is 2.12 bits per heavy atom. The van der Waals surface area contributed by atoms with Gasteiger partial charge in [-0.05, 0) is 6.07 Å². The fourth-order valence-electron chi connectivity index (χ4n) is 1.62. The van der Waals surface area contributed by atoms with Crippen LogP contribution in [0.2, 0.25) is 5.15 Å². The molecular weight excluding hydrogens is 277 g/mol. The molecule has 0 unspecified atom stereocenters. The molecule has 0 spiro atoms. The average molecular weight is 284 g/mol. The third-order valence-corrected chi connectivity index (χ3v) is 4.30. The Balaban J connectivity index is 2.20. The van der Waals surface area contributed by atoms with Gasteiger partial charge in [0.15, 0.2) is 0 Å². The van der Waals surface area contributed by atoms with Crippen molar-refractivity contribution in [2.45, 2.75) is 5.88 Å². The Kier molecular flexibility index (Phi) is 2.78. The van der Waals surface area contributed by atoms with Crippen molar-refractivity contribution in [1.29, 1.82) is 0 Å². The van der Waals surface area contributed by atoms with Gasteiger partial charge in [0.1, 0.15) is 5.15 Å². The Labute approximate surface area is 112 Å². The first kappa shape index (κ1) is 11.0. The van der Waals surface area contributed by atoms with Gasteiger partial charge in [0.2, 0.25) is 5.13 Å². The van der Waals surface area contributed by atoms with Crippen LogP contribution in [0.5, 0.6) is 0 Å². The molecule has 2 heterocycles. The molecule has 0 aliphatic heterocycles. The van der Waals surface area contributed by atoms with Gasteiger partial charge in [-0.25, -0.2) is 9.67 Å². The number of hydrogen-bond donors (Lipinski definition) is 0. The van der Waals surface area contributed by atoms with Gasteiger partial charge >= 0.3 is 0 Å². The van der Waals surface area contributed by atoms with E-state index in [0.29, 0.717) is 11.0 Å². The summed E-state index contributed by atoms with van der Waals surface area (Å²) in [6, 6.07) is 7.96. The smallest absolute Gasteiger partial charge is 0.206 e. The molecular formula is C11H7Cl2N3S. The molecule has 0 bridgehead atoms. The minimum Gasteiger partial charge on any atom is -0.206 e. The highest BCUT2D eigenvalue weighted by atomic mass is 35.5. The number of alkyl halides is 1. The van der Waals surface area contributed by atoms with Crippen LogP contribution < -0.4 is 0 Å². The van der Waals surface area contributed by atoms with E-state index < -0.39 is 0 Å². The Bertz CT molecular complexity index is 674. The maximum absolute atomic E-state index is 5.99. The normalized spacial score (nSPS) is 11.2. The van der Waals surface area contributed by atoms with Crippen molar-refractivity contribution in [2.24, 2.45) is 0 Å². The molecule has 0 saturated heterocycles. The summed E-state index contributed by atoms with van der Waals surface area (Å²) >= 11 is 13.2. The number of para-hydroxylation sites is 1. The number of thiazole rings is 1. The Morgan fingerprint density at radius 1 is 1.29 bits per heavy atom. The van der Waals surface area contributed by atoms with Crippen LogP contribution in [0, 0.1) is 0 Å². The Morgan fingerprint density at radius 3 is 2.88 bits per heavy atom. The highest BCUT2D eigenvalue weighted by molar-refractivity contribution is 7.14. The molecule has 0 amide bonds. The number of aromatic nitrogens is 3. The van der Waals surface area contributed by atoms with Gasteiger partial charge in [-0.2, -0.15) is 5.10 Å². The second-order valence-electron chi connectivity index (χ2n) is 3.46. The van der Waals surface area contributed by atoms with E-state index >= 15 is 0 Å². The lowest BCUT2D eigenvalue weighted by atomic mass is 10.3. The van der Waals surface area contributed by atoms with Gasteiger partial charge < -0.3 is 0 Å². The zero-order valence-corrected chi connectivity index (χ0v) is 10.9. The second-order valence-corrected chi connectivity index (χ2v) is 5.15. The SMILES string of the molecule is ClCc1sc(-n2ncc3ccccc32)nc1Cl. The van der Waals surface area contributed by atoms with Gasteiger partial charge in [0.25, 0.3) is 0 Å². The van der Waals surface area contributed by atoms with Gasteiger partial charge in [-0.3, -0.25) is 0 Å². The van der Waals surface area contributed by atoms with E-state index in [1.54, 1.807) is 4.68 Å². The standard InChI is InChI=1S/C11H7Cl2N3S/c12-5-9-10(13)15-11(17-9)16-8-4-2-1-3-7(8)6-14-16/h1-4,6H,5H2. The lowest BCUT2D eigenvalue weighted by Gasteiger charge is -1.96. The lowest BCUT2D eigenvalue weighted by molar-refractivity contribution is 0.898. The number of nitrogens with zero attached hydrogens (tertiary/aromatic N) is 3. The van der Waals surface area contributed by atoms with Crippen molar-refractivity contribution in [2.75, 3.05) is 0 Å². The van der Waals surface area contributed by atoms with E-state index in [0.717, 1.165) is 20.9 Å². The van der Waals surface area contributed by atoms with E-state index in [1.165, 1.54) is 11.3 Å². The number of halogens is 2. The van der Waals surface area contributed by atoms with Crippen LogP contribution in [0.15, 0.2) is 30.5 Å². The third kappa shape index (κ3) is 1.82. The molecule has 86 valence electrons. The van der Waals surface area contributed by atoms with Crippen molar-refractivity contribution in [1.82, 2.24) is 14.8 Å². The average Bonchev–Trinajstić information content (AvgIpc) is 2.92. The van der Waals surface area contributed by atoms with E-state index in [2.05, 4.69) is 10.1 Å². The number of fused-ring (bicyclic) bond motifs is 1. The summed E-state index contributed by atoms with van der Waals surface area (Å²) in [7, 11) is 0. The summed E-state index contributed by atoms with van der Waals surface area (Å²) in [5.74, 6) is 0.371. The largest absolute Gasteiger partial charge is 0.212 e. The zero-order chi connectivity index (χ0) is 11.8. The first-order chi connectivity index (χ1) is 8.29. The van der Waals surface area contributed by atoms with E-state index in [1.807, 2.05) is 30.5 Å². The van der Waals surface area contributed by atoms with Crippen LogP contribution in [-0.4, -0.2) is 14.8 Å². The first-order valence-corrected chi connectivity index (χ1v) is 6.67. The molecule has 0 radical (unpaired) electrons. The predicted molar refractivity (Wildman–Crippen MR) is 71.3 cm³/mol. The van der Waals surface area contributed by atoms with Crippen LogP contribution >= 0.6 is 34.5 Å². The number of rotatable bonds is 2. The number of hydrogen-bond acceptors (Lipinski definition) is 3. The molecule has 0 fully saturated rings. The van der Waals surface area contributed by atoms with E-state index in [4.69, 9.17) is 23.2 Å². The van der Waals surface area contributed by atoms with E-state index in [9.17, 15) is 0 Å². The first-order valence-electron chi connectivity index (χ1n) is 4.94. The zero-order valence-electron chi connectivity index (χ0n) is 8.60. The quantitative estimate of drug-likeness (QED) is 0.669. The third-order valence-electron chi connectivity index (χ3n) is 2.42. The molecule has 3 rings (SSSR count). The molecule has 0 aliphatic carbocycles. The summed E-state index contributed by atoms with van der Waals surface area (Å²) < 4.78 is 1.78. The van der Waals surface area contributed by atoms with Gasteiger partial charge in [-0.1, -0.05) is 41.1 Å². The van der Waals surface area contributed by atoms with E-state index in [-0.39, 0.29) is 0 Å². The minimum absolute atomic E-state index is 0.371. The van der Waals surface area contributed by atoms with Gasteiger partial charge in [0, 0.05) is 5.39 Å². The maximum Gasteiger partial charge on any atom is 0.212 e. The molecule has 2 aromatic heterocycles. The summed E-state index contributed by atoms with van der Waals surface area (Å²) in [5.41, 5.74) is 1.01. The molecule has 6 heteroatoms. The van der Waals surface area contributed by atoms with Crippen molar-refractivity contribution in [3.63, 3.8) is 0 Å². The summed E-state index contributed by atoms with van der Waals surface area (Å²) in [5, 5.41) is 6.59. The predicted octanol–water partition coefficient (Wildman–Crippen LogP) is 3.87. The topological polar surface area (TPSA) is 30.7 Å². The van der Waals surface area contributed by atoms with Crippen LogP contribution in [0.1, 0.15) is 4.88 Å². The van der Waals surface area contributed by atoms with Crippen molar-refractivity contribution in [3.8, 4) is 5.13 Å². The monoisotopic (exact) mass is 283 g/mol. The van der Waals surface area contributed by atoms with Crippen LogP contribution in [0.3, 0.4) is 0 Å². The fourth-order valence-corrected chi connectivity index (χ4v) is 3.06. The lowest BCUT2D eigenvalue weighted by Crippen LogP contribution is -1.94. The molecule has 0 aliphatic rings. The fraction of sp³-hybridized carbons (Fsp3) is 0.0909. The summed E-state index contributed by atoms with van der Waals surface area (Å²) in [4.78, 5) is 5.14. The van der Waals surface area contributed by atoms with Gasteiger partial charge in [0.05, 0.1) is 22.5 Å². The maximum atomic E-state index is 5.99. The summed E-state index contributed by atoms with van der Waals surface area (Å²) in [6.45, 7) is 0.